The lowest BCUT2D eigenvalue weighted by Crippen LogP contribution is -2.52. The number of rotatable bonds is 6. The Labute approximate surface area is 174 Å². The van der Waals surface area contributed by atoms with Gasteiger partial charge >= 0.3 is 6.18 Å². The van der Waals surface area contributed by atoms with Crippen molar-refractivity contribution in [1.82, 2.24) is 0 Å². The normalized spacial score (nSPS) is 14.5. The standard InChI is InChI=1S/C17H16F4N2O6S2/c1-16(25,17(19,20)21)15(24)22-12-8-7-10(9-11(12)18)31(28,29)23-13-5-3-4-6-14(13)30(2,26)27/h3-9,23,25H,1-2H3,(H,22,24). The summed E-state index contributed by atoms with van der Waals surface area (Å²) in [6.07, 6.45) is -4.49. The highest BCUT2D eigenvalue weighted by Crippen LogP contribution is 2.32. The number of sulfone groups is 1. The summed E-state index contributed by atoms with van der Waals surface area (Å²) in [5.41, 5.74) is -4.94. The molecule has 31 heavy (non-hydrogen) atoms. The zero-order valence-electron chi connectivity index (χ0n) is 15.9. The van der Waals surface area contributed by atoms with E-state index in [1.54, 1.807) is 0 Å². The highest BCUT2D eigenvalue weighted by molar-refractivity contribution is 7.93. The topological polar surface area (TPSA) is 130 Å². The summed E-state index contributed by atoms with van der Waals surface area (Å²) < 4.78 is 103. The number of carbonyl (C=O) groups is 1. The molecule has 3 N–H and O–H groups in total. The average molecular weight is 484 g/mol. The van der Waals surface area contributed by atoms with Gasteiger partial charge in [0.25, 0.3) is 15.9 Å². The number of halogens is 4. The molecule has 0 aliphatic carbocycles. The molecule has 0 fully saturated rings. The first-order valence-electron chi connectivity index (χ1n) is 8.19. The van der Waals surface area contributed by atoms with Gasteiger partial charge in [0.2, 0.25) is 5.60 Å². The van der Waals surface area contributed by atoms with Gasteiger partial charge in [-0.05, 0) is 37.3 Å². The van der Waals surface area contributed by atoms with Crippen LogP contribution in [0.3, 0.4) is 0 Å². The molecule has 14 heteroatoms. The minimum absolute atomic E-state index is 0.169. The molecule has 170 valence electrons. The first-order chi connectivity index (χ1) is 14.0. The number of hydrogen-bond donors (Lipinski definition) is 3. The molecule has 1 amide bonds. The molecule has 2 rings (SSSR count). The molecule has 0 saturated heterocycles. The van der Waals surface area contributed by atoms with Crippen LogP contribution in [0.15, 0.2) is 52.3 Å². The monoisotopic (exact) mass is 484 g/mol. The van der Waals surface area contributed by atoms with Gasteiger partial charge < -0.3 is 10.4 Å². The van der Waals surface area contributed by atoms with Crippen molar-refractivity contribution < 1.29 is 44.3 Å². The van der Waals surface area contributed by atoms with Crippen molar-refractivity contribution in [2.24, 2.45) is 0 Å². The molecule has 0 aliphatic rings. The molecule has 8 nitrogen and oxygen atoms in total. The minimum atomic E-state index is -5.34. The Hall–Kier alpha value is -2.71. The maximum Gasteiger partial charge on any atom is 0.426 e. The highest BCUT2D eigenvalue weighted by Gasteiger charge is 2.55. The van der Waals surface area contributed by atoms with E-state index >= 15 is 0 Å². The Kier molecular flexibility index (Phi) is 6.41. The van der Waals surface area contributed by atoms with Crippen LogP contribution in [0.1, 0.15) is 6.92 Å². The Morgan fingerprint density at radius 1 is 1.00 bits per heavy atom. The van der Waals surface area contributed by atoms with Gasteiger partial charge in [0, 0.05) is 6.26 Å². The van der Waals surface area contributed by atoms with Crippen LogP contribution in [0.5, 0.6) is 0 Å². The van der Waals surface area contributed by atoms with Crippen molar-refractivity contribution in [3.63, 3.8) is 0 Å². The number of nitrogens with one attached hydrogen (secondary N) is 2. The van der Waals surface area contributed by atoms with Gasteiger partial charge in [0.1, 0.15) is 5.82 Å². The van der Waals surface area contributed by atoms with Gasteiger partial charge in [-0.15, -0.1) is 0 Å². The van der Waals surface area contributed by atoms with E-state index in [0.29, 0.717) is 12.1 Å². The summed E-state index contributed by atoms with van der Waals surface area (Å²) in [6, 6.07) is 6.89. The van der Waals surface area contributed by atoms with Gasteiger partial charge in [-0.1, -0.05) is 12.1 Å². The fourth-order valence-electron chi connectivity index (χ4n) is 2.22. The molecule has 1 unspecified atom stereocenters. The number of hydrogen-bond acceptors (Lipinski definition) is 6. The lowest BCUT2D eigenvalue weighted by Gasteiger charge is -2.25. The molecular formula is C17H16F4N2O6S2. The molecule has 0 aliphatic heterocycles. The number of sulfonamides is 1. The third-order valence-corrected chi connectivity index (χ3v) is 6.54. The maximum absolute atomic E-state index is 14.3. The Bertz CT molecular complexity index is 1230. The molecule has 0 saturated carbocycles. The van der Waals surface area contributed by atoms with Crippen molar-refractivity contribution in [3.8, 4) is 0 Å². The smallest absolute Gasteiger partial charge is 0.373 e. The molecule has 0 radical (unpaired) electrons. The predicted octanol–water partition coefficient (Wildman–Crippen LogP) is 2.28. The largest absolute Gasteiger partial charge is 0.426 e. The zero-order chi connectivity index (χ0) is 23.8. The van der Waals surface area contributed by atoms with Gasteiger partial charge in [0.15, 0.2) is 9.84 Å². The lowest BCUT2D eigenvalue weighted by molar-refractivity contribution is -0.242. The lowest BCUT2D eigenvalue weighted by atomic mass is 10.1. The van der Waals surface area contributed by atoms with Crippen LogP contribution < -0.4 is 10.0 Å². The minimum Gasteiger partial charge on any atom is -0.373 e. The first-order valence-corrected chi connectivity index (χ1v) is 11.6. The fraction of sp³-hybridized carbons (Fsp3) is 0.235. The molecule has 0 aromatic heterocycles. The Balaban J connectivity index is 2.34. The van der Waals surface area contributed by atoms with E-state index in [-0.39, 0.29) is 17.5 Å². The number of amides is 1. The summed E-state index contributed by atoms with van der Waals surface area (Å²) in [5, 5.41) is 10.8. The number of para-hydroxylation sites is 1. The number of alkyl halides is 3. The van der Waals surface area contributed by atoms with Crippen LogP contribution in [-0.2, 0) is 24.7 Å². The molecule has 0 heterocycles. The van der Waals surface area contributed by atoms with Crippen LogP contribution >= 0.6 is 0 Å². The number of aliphatic hydroxyl groups is 1. The zero-order valence-corrected chi connectivity index (χ0v) is 17.5. The van der Waals surface area contributed by atoms with Crippen molar-refractivity contribution in [3.05, 3.63) is 48.3 Å². The highest BCUT2D eigenvalue weighted by atomic mass is 32.2. The van der Waals surface area contributed by atoms with E-state index in [4.69, 9.17) is 0 Å². The maximum atomic E-state index is 14.3. The summed E-state index contributed by atoms with van der Waals surface area (Å²) >= 11 is 0. The van der Waals surface area contributed by atoms with Gasteiger partial charge in [0.05, 0.1) is 21.2 Å². The van der Waals surface area contributed by atoms with E-state index < -0.39 is 53.9 Å². The van der Waals surface area contributed by atoms with Crippen molar-refractivity contribution in [2.75, 3.05) is 16.3 Å². The van der Waals surface area contributed by atoms with E-state index in [2.05, 4.69) is 0 Å². The third-order valence-electron chi connectivity index (χ3n) is 4.02. The van der Waals surface area contributed by atoms with Gasteiger partial charge in [-0.3, -0.25) is 9.52 Å². The SMILES string of the molecule is CC(O)(C(=O)Nc1ccc(S(=O)(=O)Nc2ccccc2S(C)(=O)=O)cc1F)C(F)(F)F. The fourth-order valence-corrected chi connectivity index (χ4v) is 4.22. The average Bonchev–Trinajstić information content (AvgIpc) is 2.61. The molecule has 1 atom stereocenters. The van der Waals surface area contributed by atoms with Crippen LogP contribution in [0.2, 0.25) is 0 Å². The van der Waals surface area contributed by atoms with Crippen LogP contribution in [0, 0.1) is 5.82 Å². The van der Waals surface area contributed by atoms with Crippen LogP contribution in [0.25, 0.3) is 0 Å². The predicted molar refractivity (Wildman–Crippen MR) is 102 cm³/mol. The molecule has 2 aromatic rings. The Morgan fingerprint density at radius 2 is 1.58 bits per heavy atom. The second-order valence-electron chi connectivity index (χ2n) is 6.54. The molecular weight excluding hydrogens is 468 g/mol. The number of benzene rings is 2. The summed E-state index contributed by atoms with van der Waals surface area (Å²) in [7, 11) is -8.32. The number of anilines is 2. The van der Waals surface area contributed by atoms with Crippen LogP contribution in [0.4, 0.5) is 28.9 Å². The Morgan fingerprint density at radius 3 is 2.10 bits per heavy atom. The molecule has 0 spiro atoms. The quantitative estimate of drug-likeness (QED) is 0.540. The van der Waals surface area contributed by atoms with E-state index in [1.165, 1.54) is 17.4 Å². The second-order valence-corrected chi connectivity index (χ2v) is 10.2. The van der Waals surface area contributed by atoms with Gasteiger partial charge in [-0.2, -0.15) is 13.2 Å². The summed E-state index contributed by atoms with van der Waals surface area (Å²) in [6.45, 7) is 0.169. The summed E-state index contributed by atoms with van der Waals surface area (Å²) in [5.74, 6) is -3.39. The summed E-state index contributed by atoms with van der Waals surface area (Å²) in [4.78, 5) is 10.6. The van der Waals surface area contributed by atoms with Crippen LogP contribution in [-0.4, -0.2) is 45.9 Å². The van der Waals surface area contributed by atoms with E-state index in [1.807, 2.05) is 4.72 Å². The van der Waals surface area contributed by atoms with Crippen molar-refractivity contribution in [1.29, 1.82) is 0 Å². The van der Waals surface area contributed by atoms with E-state index in [0.717, 1.165) is 24.5 Å². The van der Waals surface area contributed by atoms with Gasteiger partial charge in [-0.25, -0.2) is 21.2 Å². The third kappa shape index (κ3) is 5.32. The molecule has 0 bridgehead atoms. The van der Waals surface area contributed by atoms with E-state index in [9.17, 15) is 44.3 Å². The van der Waals surface area contributed by atoms with Crippen molar-refractivity contribution in [2.45, 2.75) is 28.5 Å². The molecule has 2 aromatic carbocycles. The van der Waals surface area contributed by atoms with Crippen molar-refractivity contribution >= 4 is 37.1 Å². The number of carbonyl (C=O) groups excluding carboxylic acids is 1. The first kappa shape index (κ1) is 24.6. The second kappa shape index (κ2) is 8.09.